The molecule has 0 aromatic heterocycles. The van der Waals surface area contributed by atoms with Gasteiger partial charge in [0.25, 0.3) is 0 Å². The van der Waals surface area contributed by atoms with Crippen LogP contribution in [0.3, 0.4) is 0 Å². The molecule has 0 aliphatic heterocycles. The average molecular weight is 239 g/mol. The van der Waals surface area contributed by atoms with Crippen molar-refractivity contribution in [1.29, 1.82) is 0 Å². The summed E-state index contributed by atoms with van der Waals surface area (Å²) < 4.78 is 13.0. The Morgan fingerprint density at radius 2 is 0.889 bits per heavy atom. The van der Waals surface area contributed by atoms with Crippen molar-refractivity contribution in [1.82, 2.24) is 14.2 Å². The van der Waals surface area contributed by atoms with Crippen molar-refractivity contribution >= 4 is 19.5 Å². The van der Waals surface area contributed by atoms with E-state index in [1.165, 1.54) is 0 Å². The summed E-state index contributed by atoms with van der Waals surface area (Å²) in [4.78, 5) is 0. The molecular weight excluding hydrogens is 223 g/mol. The Kier molecular flexibility index (Phi) is 4.77. The standard InChI is InChI=1S/4CH4N.Sn/c4*1-2;/h4*2H,1H3;/q4*-1;+4. The minimum absolute atomic E-state index is 1.96. The van der Waals surface area contributed by atoms with Gasteiger partial charge in [-0.1, -0.05) is 0 Å². The van der Waals surface area contributed by atoms with Gasteiger partial charge in [-0.05, 0) is 0 Å². The molecule has 0 radical (unpaired) electrons. The molecular formula is C4H16N4Sn. The number of hydrogen-bond acceptors (Lipinski definition) is 4. The van der Waals surface area contributed by atoms with Crippen molar-refractivity contribution < 1.29 is 0 Å². The SMILES string of the molecule is C[NH][Sn]([NH]C)([NH]C)[NH]C. The zero-order chi connectivity index (χ0) is 7.33. The van der Waals surface area contributed by atoms with Gasteiger partial charge in [-0.3, -0.25) is 0 Å². The van der Waals surface area contributed by atoms with Crippen LogP contribution in [-0.2, 0) is 0 Å². The van der Waals surface area contributed by atoms with E-state index in [0.29, 0.717) is 0 Å². The number of hydrogen-bond donors (Lipinski definition) is 4. The molecule has 4 N–H and O–H groups in total. The molecule has 0 aromatic rings. The van der Waals surface area contributed by atoms with E-state index in [9.17, 15) is 0 Å². The Hall–Kier alpha value is 0.639. The molecule has 9 heavy (non-hydrogen) atoms. The maximum absolute atomic E-state index is 3.24. The second kappa shape index (κ2) is 4.45. The van der Waals surface area contributed by atoms with Gasteiger partial charge < -0.3 is 0 Å². The third-order valence-corrected chi connectivity index (χ3v) is 10.1. The van der Waals surface area contributed by atoms with Crippen molar-refractivity contribution in [2.75, 3.05) is 28.2 Å². The summed E-state index contributed by atoms with van der Waals surface area (Å²) in [6.07, 6.45) is 0. The molecule has 0 heterocycles. The third kappa shape index (κ3) is 2.38. The van der Waals surface area contributed by atoms with Crippen molar-refractivity contribution in [2.45, 2.75) is 0 Å². The van der Waals surface area contributed by atoms with Gasteiger partial charge in [0.15, 0.2) is 0 Å². The van der Waals surface area contributed by atoms with Gasteiger partial charge in [0.2, 0.25) is 0 Å². The molecule has 0 aliphatic carbocycles. The summed E-state index contributed by atoms with van der Waals surface area (Å²) in [6, 6.07) is 0. The molecule has 56 valence electrons. The Morgan fingerprint density at radius 3 is 0.889 bits per heavy atom. The molecule has 5 heteroatoms. The van der Waals surface area contributed by atoms with Crippen LogP contribution in [0, 0.1) is 0 Å². The summed E-state index contributed by atoms with van der Waals surface area (Å²) in [7, 11) is 7.83. The van der Waals surface area contributed by atoms with E-state index in [0.717, 1.165) is 0 Å². The van der Waals surface area contributed by atoms with Crippen LogP contribution >= 0.6 is 0 Å². The van der Waals surface area contributed by atoms with Crippen LogP contribution < -0.4 is 14.2 Å². The number of rotatable bonds is 4. The van der Waals surface area contributed by atoms with Crippen molar-refractivity contribution in [3.63, 3.8) is 0 Å². The minimum atomic E-state index is -2.39. The first-order valence-corrected chi connectivity index (χ1v) is 8.71. The Morgan fingerprint density at radius 1 is 0.667 bits per heavy atom. The number of nitrogens with one attached hydrogen (secondary N) is 4. The van der Waals surface area contributed by atoms with Crippen LogP contribution in [0.5, 0.6) is 0 Å². The van der Waals surface area contributed by atoms with Crippen molar-refractivity contribution in [3.05, 3.63) is 0 Å². The van der Waals surface area contributed by atoms with E-state index >= 15 is 0 Å². The average Bonchev–Trinajstić information content (AvgIpc) is 1.95. The molecule has 0 aliphatic rings. The molecule has 0 aromatic carbocycles. The second-order valence-corrected chi connectivity index (χ2v) is 11.7. The van der Waals surface area contributed by atoms with E-state index in [1.54, 1.807) is 0 Å². The quantitative estimate of drug-likeness (QED) is 0.442. The van der Waals surface area contributed by atoms with Crippen LogP contribution in [0.2, 0.25) is 0 Å². The summed E-state index contributed by atoms with van der Waals surface area (Å²) in [5, 5.41) is 0. The van der Waals surface area contributed by atoms with Gasteiger partial charge in [-0.2, -0.15) is 0 Å². The molecule has 0 spiro atoms. The van der Waals surface area contributed by atoms with E-state index in [4.69, 9.17) is 0 Å². The first-order chi connectivity index (χ1) is 4.24. The first-order valence-electron chi connectivity index (χ1n) is 3.00. The summed E-state index contributed by atoms with van der Waals surface area (Å²) in [6.45, 7) is 0. The maximum atomic E-state index is 3.24. The predicted molar refractivity (Wildman–Crippen MR) is 42.0 cm³/mol. The Balaban J connectivity index is 3.82. The molecule has 0 saturated heterocycles. The Labute approximate surface area is 62.1 Å². The normalized spacial score (nSPS) is 12.0. The molecule has 4 nitrogen and oxygen atoms in total. The molecule has 0 fully saturated rings. The van der Waals surface area contributed by atoms with Crippen molar-refractivity contribution in [3.8, 4) is 0 Å². The summed E-state index contributed by atoms with van der Waals surface area (Å²) in [5.41, 5.74) is 0. The van der Waals surface area contributed by atoms with Gasteiger partial charge >= 0.3 is 61.8 Å². The molecule has 0 unspecified atom stereocenters. The van der Waals surface area contributed by atoms with Gasteiger partial charge in [-0.15, -0.1) is 0 Å². The van der Waals surface area contributed by atoms with E-state index in [1.807, 2.05) is 28.2 Å². The van der Waals surface area contributed by atoms with E-state index in [2.05, 4.69) is 14.2 Å². The fourth-order valence-corrected chi connectivity index (χ4v) is 5.03. The van der Waals surface area contributed by atoms with Gasteiger partial charge in [0.05, 0.1) is 0 Å². The summed E-state index contributed by atoms with van der Waals surface area (Å²) in [5.74, 6) is 0. The van der Waals surface area contributed by atoms with Crippen molar-refractivity contribution in [2.24, 2.45) is 0 Å². The predicted octanol–water partition coefficient (Wildman–Crippen LogP) is -1.70. The molecule has 0 amide bonds. The third-order valence-electron chi connectivity index (χ3n) is 1.50. The summed E-state index contributed by atoms with van der Waals surface area (Å²) >= 11 is -2.39. The second-order valence-electron chi connectivity index (χ2n) is 1.75. The van der Waals surface area contributed by atoms with Crippen LogP contribution in [0.4, 0.5) is 0 Å². The zero-order valence-corrected chi connectivity index (χ0v) is 9.35. The van der Waals surface area contributed by atoms with Gasteiger partial charge in [-0.25, -0.2) is 0 Å². The fourth-order valence-electron chi connectivity index (χ4n) is 0.750. The first kappa shape index (κ1) is 9.64. The molecule has 0 bridgehead atoms. The van der Waals surface area contributed by atoms with Gasteiger partial charge in [0.1, 0.15) is 0 Å². The van der Waals surface area contributed by atoms with Crippen LogP contribution in [0.25, 0.3) is 0 Å². The topological polar surface area (TPSA) is 48.1 Å². The van der Waals surface area contributed by atoms with Gasteiger partial charge in [0, 0.05) is 0 Å². The van der Waals surface area contributed by atoms with Crippen LogP contribution in [-0.4, -0.2) is 47.7 Å². The fraction of sp³-hybridized carbons (Fsp3) is 1.00. The van der Waals surface area contributed by atoms with E-state index in [-0.39, 0.29) is 0 Å². The van der Waals surface area contributed by atoms with Crippen LogP contribution in [0.15, 0.2) is 0 Å². The van der Waals surface area contributed by atoms with E-state index < -0.39 is 19.5 Å². The Bertz CT molecular complexity index is 55.5. The van der Waals surface area contributed by atoms with Crippen LogP contribution in [0.1, 0.15) is 0 Å². The molecule has 0 saturated carbocycles. The molecule has 0 atom stereocenters. The monoisotopic (exact) mass is 240 g/mol. The zero-order valence-electron chi connectivity index (χ0n) is 6.50. The molecule has 0 rings (SSSR count).